The normalized spacial score (nSPS) is 18.9. The van der Waals surface area contributed by atoms with Gasteiger partial charge >= 0.3 is 0 Å². The van der Waals surface area contributed by atoms with Crippen LogP contribution >= 0.6 is 11.6 Å². The summed E-state index contributed by atoms with van der Waals surface area (Å²) in [5, 5.41) is 16.4. The van der Waals surface area contributed by atoms with Crippen molar-refractivity contribution in [1.82, 2.24) is 19.6 Å². The number of benzene rings is 3. The van der Waals surface area contributed by atoms with Gasteiger partial charge in [0.1, 0.15) is 22.7 Å². The molecule has 3 N–H and O–H groups in total. The van der Waals surface area contributed by atoms with Crippen LogP contribution in [-0.2, 0) is 14.8 Å². The number of carbonyl (C=O) groups is 2. The number of ketones is 1. The van der Waals surface area contributed by atoms with Crippen LogP contribution in [0.3, 0.4) is 0 Å². The minimum absolute atomic E-state index is 0.00908. The number of anilines is 4. The van der Waals surface area contributed by atoms with E-state index < -0.39 is 37.1 Å². The number of ether oxygens (including phenoxy) is 1. The third-order valence-corrected chi connectivity index (χ3v) is 14.9. The van der Waals surface area contributed by atoms with Gasteiger partial charge in [0.2, 0.25) is 0 Å². The van der Waals surface area contributed by atoms with Gasteiger partial charge in [-0.15, -0.1) is 0 Å². The summed E-state index contributed by atoms with van der Waals surface area (Å²) in [6, 6.07) is 20.2. The summed E-state index contributed by atoms with van der Waals surface area (Å²) in [4.78, 5) is 52.7. The molecular weight excluding hydrogens is 887 g/mol. The van der Waals surface area contributed by atoms with E-state index in [0.29, 0.717) is 35.1 Å². The van der Waals surface area contributed by atoms with Crippen molar-refractivity contribution in [3.05, 3.63) is 117 Å². The van der Waals surface area contributed by atoms with Gasteiger partial charge in [-0.25, -0.2) is 22.5 Å². The van der Waals surface area contributed by atoms with E-state index in [1.54, 1.807) is 18.3 Å². The first-order chi connectivity index (χ1) is 31.5. The van der Waals surface area contributed by atoms with Crippen LogP contribution in [0.15, 0.2) is 89.5 Å². The lowest BCUT2D eigenvalue weighted by Gasteiger charge is -2.39. The molecule has 18 heteroatoms. The summed E-state index contributed by atoms with van der Waals surface area (Å²) in [6.45, 7) is 8.88. The number of H-pyrrole nitrogens is 1. The fourth-order valence-electron chi connectivity index (χ4n) is 9.50. The van der Waals surface area contributed by atoms with Crippen molar-refractivity contribution in [2.45, 2.75) is 62.9 Å². The van der Waals surface area contributed by atoms with Crippen molar-refractivity contribution in [3.63, 3.8) is 0 Å². The molecule has 15 nitrogen and oxygen atoms in total. The van der Waals surface area contributed by atoms with Crippen molar-refractivity contribution >= 4 is 78.4 Å². The third-order valence-electron chi connectivity index (χ3n) is 13.4. The van der Waals surface area contributed by atoms with Gasteiger partial charge in [0.25, 0.3) is 21.6 Å². The van der Waals surface area contributed by atoms with Crippen molar-refractivity contribution in [3.8, 4) is 0 Å². The van der Waals surface area contributed by atoms with Crippen LogP contribution in [-0.4, -0.2) is 105 Å². The summed E-state index contributed by atoms with van der Waals surface area (Å²) in [7, 11) is -4.68. The number of alkyl halides is 1. The van der Waals surface area contributed by atoms with E-state index >= 15 is 4.39 Å². The van der Waals surface area contributed by atoms with Crippen LogP contribution in [0.1, 0.15) is 78.8 Å². The van der Waals surface area contributed by atoms with Crippen molar-refractivity contribution in [2.75, 3.05) is 74.1 Å². The molecule has 346 valence electrons. The molecule has 4 aliphatic rings. The first-order valence-corrected chi connectivity index (χ1v) is 24.1. The molecule has 2 fully saturated rings. The number of nitro benzene ring substituents is 1. The minimum atomic E-state index is -4.68. The largest absolute Gasteiger partial charge is 0.381 e. The number of nitro groups is 1. The number of sulfonamides is 1. The molecule has 0 radical (unpaired) electrons. The number of piperazine rings is 1. The highest BCUT2D eigenvalue weighted by Gasteiger charge is 2.35. The molecule has 0 unspecified atom stereocenters. The number of aromatic nitrogens is 2. The Bertz CT molecular complexity index is 2850. The Balaban J connectivity index is 0.988. The average molecular weight is 940 g/mol. The first-order valence-electron chi connectivity index (χ1n) is 22.3. The molecule has 1 amide bonds. The van der Waals surface area contributed by atoms with E-state index in [1.165, 1.54) is 22.8 Å². The second kappa shape index (κ2) is 18.1. The maximum atomic E-state index is 15.3. The number of fused-ring (bicyclic) bond motifs is 2. The zero-order valence-electron chi connectivity index (χ0n) is 36.9. The van der Waals surface area contributed by atoms with Gasteiger partial charge in [-0.1, -0.05) is 43.2 Å². The molecule has 0 bridgehead atoms. The number of allylic oxidation sites excluding steroid dienone is 1. The third kappa shape index (κ3) is 9.52. The maximum Gasteiger partial charge on any atom is 0.293 e. The number of aromatic amines is 1. The van der Waals surface area contributed by atoms with E-state index in [9.17, 15) is 28.1 Å². The lowest BCUT2D eigenvalue weighted by Crippen LogP contribution is -2.47. The molecule has 3 aromatic carbocycles. The molecule has 2 saturated heterocycles. The number of carbonyl (C=O) groups excluding carboxylic acids is 2. The summed E-state index contributed by atoms with van der Waals surface area (Å²) in [6.07, 6.45) is 5.18. The zero-order valence-corrected chi connectivity index (χ0v) is 38.4. The van der Waals surface area contributed by atoms with Crippen LogP contribution in [0.25, 0.3) is 16.6 Å². The van der Waals surface area contributed by atoms with Crippen molar-refractivity contribution < 1.29 is 32.1 Å². The van der Waals surface area contributed by atoms with Gasteiger partial charge in [-0.2, -0.15) is 0 Å². The summed E-state index contributed by atoms with van der Waals surface area (Å²) in [5.74, 6) is -1.14. The van der Waals surface area contributed by atoms with Crippen LogP contribution in [0, 0.1) is 15.5 Å². The number of amides is 1. The smallest absolute Gasteiger partial charge is 0.293 e. The quantitative estimate of drug-likeness (QED) is 0.0801. The predicted octanol–water partition coefficient (Wildman–Crippen LogP) is 8.68. The zero-order chi connectivity index (χ0) is 46.4. The Morgan fingerprint density at radius 2 is 1.71 bits per heavy atom. The monoisotopic (exact) mass is 938 g/mol. The second-order valence-electron chi connectivity index (χ2n) is 18.5. The van der Waals surface area contributed by atoms with E-state index in [4.69, 9.17) is 16.3 Å². The number of Topliss-reactive ketones (excluding diaryl/α,β-unsaturated/α-hetero) is 1. The Morgan fingerprint density at radius 3 is 2.45 bits per heavy atom. The van der Waals surface area contributed by atoms with Crippen LogP contribution in [0.2, 0.25) is 5.02 Å². The molecule has 3 aliphatic heterocycles. The standard InChI is InChI=1S/C48H52ClFN8O7S/c1-47(2)14-11-33(38(28-47)31-3-5-34(49)6-4-31)29-55-19-21-56(22-20-55)35-7-9-37(40(26-35)57-18-13-43(59)44-42(57)25-32-12-17-51-45(32)53-44)46(60)54-66(63,64)36-8-10-39(41(27-36)58(61)62)52-30-48(50)15-23-65-24-16-48/h3-10,12,17,25-27,52H,11,13-16,18-24,28-30H2,1-2H3,(H,51,53)(H,54,60). The second-order valence-corrected chi connectivity index (χ2v) is 20.6. The van der Waals surface area contributed by atoms with Crippen LogP contribution in [0.4, 0.5) is 32.8 Å². The number of pyridine rings is 1. The highest BCUT2D eigenvalue weighted by Crippen LogP contribution is 2.44. The average Bonchev–Trinajstić information content (AvgIpc) is 3.77. The molecule has 9 rings (SSSR count). The highest BCUT2D eigenvalue weighted by molar-refractivity contribution is 7.90. The van der Waals surface area contributed by atoms with E-state index in [2.05, 4.69) is 55.8 Å². The summed E-state index contributed by atoms with van der Waals surface area (Å²) in [5.41, 5.74) is 4.38. The molecule has 5 aromatic rings. The Labute approximate surface area is 387 Å². The molecular formula is C48H52ClFN8O7S. The SMILES string of the molecule is CC1(C)CCC(CN2CCN(c3ccc(C(=O)NS(=O)(=O)c4ccc(NCC5(F)CCOCC5)c([N+](=O)[O-])c4)c(N4CCC(=O)c5nc6[nH]ccc6cc54)c3)CC2)=C(c2ccc(Cl)cc2)C1. The Hall–Kier alpha value is -5.88. The number of nitrogens with zero attached hydrogens (tertiary/aromatic N) is 5. The number of hydrogen-bond donors (Lipinski definition) is 3. The Morgan fingerprint density at radius 1 is 0.955 bits per heavy atom. The van der Waals surface area contributed by atoms with E-state index in [0.717, 1.165) is 62.1 Å². The summed E-state index contributed by atoms with van der Waals surface area (Å²) >= 11 is 6.26. The lowest BCUT2D eigenvalue weighted by atomic mass is 9.72. The first kappa shape index (κ1) is 45.3. The van der Waals surface area contributed by atoms with Crippen molar-refractivity contribution in [1.29, 1.82) is 0 Å². The molecule has 2 aromatic heterocycles. The van der Waals surface area contributed by atoms with Gasteiger partial charge in [-0.3, -0.25) is 24.6 Å². The molecule has 5 heterocycles. The topological polar surface area (TPSA) is 183 Å². The molecule has 0 atom stereocenters. The van der Waals surface area contributed by atoms with Gasteiger partial charge < -0.3 is 24.8 Å². The van der Waals surface area contributed by atoms with Crippen molar-refractivity contribution in [2.24, 2.45) is 5.41 Å². The number of hydrogen-bond acceptors (Lipinski definition) is 12. The number of nitrogens with one attached hydrogen (secondary N) is 3. The molecule has 0 saturated carbocycles. The Kier molecular flexibility index (Phi) is 12.4. The van der Waals surface area contributed by atoms with Gasteiger partial charge in [0.15, 0.2) is 5.78 Å². The minimum Gasteiger partial charge on any atom is -0.381 e. The fraction of sp³-hybridized carbons (Fsp3) is 0.396. The maximum absolute atomic E-state index is 15.3. The van der Waals surface area contributed by atoms with Gasteiger partial charge in [-0.05, 0) is 90.4 Å². The molecule has 66 heavy (non-hydrogen) atoms. The predicted molar refractivity (Wildman–Crippen MR) is 253 cm³/mol. The van der Waals surface area contributed by atoms with Crippen LogP contribution in [0.5, 0.6) is 0 Å². The fourth-order valence-corrected chi connectivity index (χ4v) is 10.6. The number of halogens is 2. The summed E-state index contributed by atoms with van der Waals surface area (Å²) < 4.78 is 50.5. The number of rotatable bonds is 12. The highest BCUT2D eigenvalue weighted by atomic mass is 35.5. The molecule has 0 spiro atoms. The van der Waals surface area contributed by atoms with Gasteiger partial charge in [0, 0.05) is 107 Å². The van der Waals surface area contributed by atoms with E-state index in [-0.39, 0.29) is 73.7 Å². The molecule has 1 aliphatic carbocycles. The van der Waals surface area contributed by atoms with Crippen LogP contribution < -0.4 is 19.8 Å². The van der Waals surface area contributed by atoms with E-state index in [1.807, 2.05) is 35.2 Å². The van der Waals surface area contributed by atoms with Gasteiger partial charge in [0.05, 0.1) is 26.8 Å². The lowest BCUT2D eigenvalue weighted by molar-refractivity contribution is -0.384.